The smallest absolute Gasteiger partial charge is 0.293 e. The number of amides is 1. The first-order valence-corrected chi connectivity index (χ1v) is 6.94. The van der Waals surface area contributed by atoms with Crippen molar-refractivity contribution >= 4 is 11.7 Å². The normalized spacial score (nSPS) is 11.2. The standard InChI is InChI=1S/C14H24N4O3/c1-14(2,3)18-9-7-17-12(13(18)20)16-6-5-11(19)15-8-10-21-4/h7,9H,5-6,8,10H2,1-4H3,(H,15,19)(H,16,17). The molecule has 0 fully saturated rings. The van der Waals surface area contributed by atoms with E-state index in [1.807, 2.05) is 20.8 Å². The number of nitrogens with one attached hydrogen (secondary N) is 2. The second-order valence-corrected chi connectivity index (χ2v) is 5.64. The summed E-state index contributed by atoms with van der Waals surface area (Å²) in [5, 5.41) is 5.62. The third kappa shape index (κ3) is 5.55. The number of anilines is 1. The Morgan fingerprint density at radius 1 is 1.38 bits per heavy atom. The van der Waals surface area contributed by atoms with E-state index < -0.39 is 0 Å². The maximum atomic E-state index is 12.2. The van der Waals surface area contributed by atoms with Crippen LogP contribution >= 0.6 is 0 Å². The number of hydrogen-bond acceptors (Lipinski definition) is 5. The molecule has 2 N–H and O–H groups in total. The van der Waals surface area contributed by atoms with Crippen molar-refractivity contribution < 1.29 is 9.53 Å². The number of carbonyl (C=O) groups excluding carboxylic acids is 1. The van der Waals surface area contributed by atoms with Crippen LogP contribution in [0.5, 0.6) is 0 Å². The summed E-state index contributed by atoms with van der Waals surface area (Å²) in [6.45, 7) is 7.16. The summed E-state index contributed by atoms with van der Waals surface area (Å²) in [6.07, 6.45) is 3.51. The van der Waals surface area contributed by atoms with Crippen molar-refractivity contribution in [3.05, 3.63) is 22.7 Å². The van der Waals surface area contributed by atoms with Gasteiger partial charge in [0.05, 0.1) is 6.61 Å². The molecule has 1 amide bonds. The fourth-order valence-corrected chi connectivity index (χ4v) is 1.74. The fourth-order valence-electron chi connectivity index (χ4n) is 1.74. The monoisotopic (exact) mass is 296 g/mol. The van der Waals surface area contributed by atoms with Crippen LogP contribution in [-0.4, -0.2) is 42.3 Å². The summed E-state index contributed by atoms with van der Waals surface area (Å²) in [5.41, 5.74) is -0.502. The fraction of sp³-hybridized carbons (Fsp3) is 0.643. The quantitative estimate of drug-likeness (QED) is 0.718. The molecule has 118 valence electrons. The third-order valence-corrected chi connectivity index (χ3v) is 2.84. The predicted octanol–water partition coefficient (Wildman–Crippen LogP) is 0.563. The first-order valence-electron chi connectivity index (χ1n) is 6.94. The number of nitrogens with zero attached hydrogens (tertiary/aromatic N) is 2. The van der Waals surface area contributed by atoms with Crippen molar-refractivity contribution in [1.82, 2.24) is 14.9 Å². The van der Waals surface area contributed by atoms with Gasteiger partial charge in [0.15, 0.2) is 5.82 Å². The maximum absolute atomic E-state index is 12.2. The Kier molecular flexibility index (Phi) is 6.36. The van der Waals surface area contributed by atoms with Crippen molar-refractivity contribution in [2.75, 3.05) is 32.1 Å². The molecular formula is C14H24N4O3. The first kappa shape index (κ1) is 17.2. The lowest BCUT2D eigenvalue weighted by atomic mass is 10.1. The van der Waals surface area contributed by atoms with Crippen molar-refractivity contribution in [3.63, 3.8) is 0 Å². The minimum atomic E-state index is -0.312. The Morgan fingerprint density at radius 2 is 2.10 bits per heavy atom. The van der Waals surface area contributed by atoms with Crippen LogP contribution in [0.2, 0.25) is 0 Å². The van der Waals surface area contributed by atoms with Crippen molar-refractivity contribution in [3.8, 4) is 0 Å². The highest BCUT2D eigenvalue weighted by atomic mass is 16.5. The molecule has 1 aromatic rings. The van der Waals surface area contributed by atoms with Crippen LogP contribution < -0.4 is 16.2 Å². The van der Waals surface area contributed by atoms with Crippen molar-refractivity contribution in [2.24, 2.45) is 0 Å². The van der Waals surface area contributed by atoms with Gasteiger partial charge < -0.3 is 19.9 Å². The molecule has 0 bridgehead atoms. The molecule has 7 heteroatoms. The van der Waals surface area contributed by atoms with Crippen LogP contribution in [0.25, 0.3) is 0 Å². The molecule has 0 saturated carbocycles. The maximum Gasteiger partial charge on any atom is 0.293 e. The Bertz CT molecular complexity index is 520. The van der Waals surface area contributed by atoms with Crippen molar-refractivity contribution in [2.45, 2.75) is 32.7 Å². The molecule has 21 heavy (non-hydrogen) atoms. The zero-order valence-corrected chi connectivity index (χ0v) is 13.1. The van der Waals surface area contributed by atoms with Crippen LogP contribution in [0.15, 0.2) is 17.2 Å². The van der Waals surface area contributed by atoms with E-state index in [2.05, 4.69) is 15.6 Å². The summed E-state index contributed by atoms with van der Waals surface area (Å²) in [4.78, 5) is 27.8. The highest BCUT2D eigenvalue weighted by molar-refractivity contribution is 5.76. The average Bonchev–Trinajstić information content (AvgIpc) is 2.39. The zero-order chi connectivity index (χ0) is 15.9. The Labute approximate surface area is 124 Å². The second-order valence-electron chi connectivity index (χ2n) is 5.64. The molecule has 0 aliphatic rings. The van der Waals surface area contributed by atoms with Gasteiger partial charge in [-0.3, -0.25) is 9.59 Å². The highest BCUT2D eigenvalue weighted by Crippen LogP contribution is 2.10. The van der Waals surface area contributed by atoms with Crippen LogP contribution in [0.3, 0.4) is 0 Å². The summed E-state index contributed by atoms with van der Waals surface area (Å²) < 4.78 is 6.45. The third-order valence-electron chi connectivity index (χ3n) is 2.84. The first-order chi connectivity index (χ1) is 9.86. The summed E-state index contributed by atoms with van der Waals surface area (Å²) in [7, 11) is 1.58. The number of methoxy groups -OCH3 is 1. The molecule has 1 rings (SSSR count). The summed E-state index contributed by atoms with van der Waals surface area (Å²) >= 11 is 0. The Hall–Kier alpha value is -1.89. The van der Waals surface area contributed by atoms with Gasteiger partial charge in [-0.2, -0.15) is 0 Å². The predicted molar refractivity (Wildman–Crippen MR) is 81.5 cm³/mol. The minimum Gasteiger partial charge on any atom is -0.383 e. The average molecular weight is 296 g/mol. The second kappa shape index (κ2) is 7.78. The Balaban J connectivity index is 2.53. The molecule has 0 spiro atoms. The SMILES string of the molecule is COCCNC(=O)CCNc1nccn(C(C)(C)C)c1=O. The largest absolute Gasteiger partial charge is 0.383 e. The van der Waals surface area contributed by atoms with Gasteiger partial charge in [-0.25, -0.2) is 4.98 Å². The van der Waals surface area contributed by atoms with Crippen LogP contribution in [0, 0.1) is 0 Å². The Morgan fingerprint density at radius 3 is 2.71 bits per heavy atom. The van der Waals surface area contributed by atoms with E-state index >= 15 is 0 Å². The van der Waals surface area contributed by atoms with Gasteiger partial charge in [0.25, 0.3) is 5.56 Å². The minimum absolute atomic E-state index is 0.0911. The van der Waals surface area contributed by atoms with Crippen molar-refractivity contribution in [1.29, 1.82) is 0 Å². The van der Waals surface area contributed by atoms with E-state index in [0.717, 1.165) is 0 Å². The number of rotatable bonds is 7. The van der Waals surface area contributed by atoms with Crippen LogP contribution in [0.1, 0.15) is 27.2 Å². The molecule has 1 aromatic heterocycles. The van der Waals surface area contributed by atoms with Gasteiger partial charge in [-0.15, -0.1) is 0 Å². The molecule has 0 radical (unpaired) electrons. The van der Waals surface area contributed by atoms with Crippen LogP contribution in [-0.2, 0) is 15.1 Å². The topological polar surface area (TPSA) is 85.2 Å². The zero-order valence-electron chi connectivity index (χ0n) is 13.1. The molecular weight excluding hydrogens is 272 g/mol. The number of ether oxygens (including phenoxy) is 1. The molecule has 0 aliphatic carbocycles. The molecule has 0 saturated heterocycles. The van der Waals surface area contributed by atoms with Gasteiger partial charge in [0, 0.05) is 44.6 Å². The summed E-state index contributed by atoms with van der Waals surface area (Å²) in [6, 6.07) is 0. The van der Waals surface area contributed by atoms with E-state index in [1.54, 1.807) is 24.1 Å². The van der Waals surface area contributed by atoms with E-state index in [1.165, 1.54) is 0 Å². The lowest BCUT2D eigenvalue weighted by molar-refractivity contribution is -0.121. The van der Waals surface area contributed by atoms with E-state index in [-0.39, 0.29) is 29.2 Å². The molecule has 7 nitrogen and oxygen atoms in total. The molecule has 0 atom stereocenters. The number of hydrogen-bond donors (Lipinski definition) is 2. The van der Waals surface area contributed by atoms with E-state index in [4.69, 9.17) is 4.74 Å². The van der Waals surface area contributed by atoms with Gasteiger partial charge in [0.1, 0.15) is 0 Å². The van der Waals surface area contributed by atoms with Gasteiger partial charge in [-0.05, 0) is 20.8 Å². The van der Waals surface area contributed by atoms with Gasteiger partial charge >= 0.3 is 0 Å². The lowest BCUT2D eigenvalue weighted by Crippen LogP contribution is -2.35. The number of carbonyl (C=O) groups is 1. The van der Waals surface area contributed by atoms with Gasteiger partial charge in [0.2, 0.25) is 5.91 Å². The molecule has 0 aliphatic heterocycles. The van der Waals surface area contributed by atoms with Gasteiger partial charge in [-0.1, -0.05) is 0 Å². The van der Waals surface area contributed by atoms with Crippen LogP contribution in [0.4, 0.5) is 5.82 Å². The van der Waals surface area contributed by atoms with E-state index in [0.29, 0.717) is 19.7 Å². The van der Waals surface area contributed by atoms with E-state index in [9.17, 15) is 9.59 Å². The summed E-state index contributed by atoms with van der Waals surface area (Å²) in [5.74, 6) is 0.170. The number of aromatic nitrogens is 2. The molecule has 0 unspecified atom stereocenters. The molecule has 1 heterocycles. The molecule has 0 aromatic carbocycles. The lowest BCUT2D eigenvalue weighted by Gasteiger charge is -2.22. The highest BCUT2D eigenvalue weighted by Gasteiger charge is 2.16.